The molecule has 5 N–H and O–H groups in total. The number of rotatable bonds is 5. The zero-order chi connectivity index (χ0) is 12.5. The zero-order valence-electron chi connectivity index (χ0n) is 9.62. The lowest BCUT2D eigenvalue weighted by molar-refractivity contribution is 0.0911. The molecule has 1 aliphatic carbocycles. The van der Waals surface area contributed by atoms with Crippen LogP contribution in [0.3, 0.4) is 0 Å². The average Bonchev–Trinajstić information content (AvgIpc) is 2.97. The Morgan fingerprint density at radius 2 is 2.35 bits per heavy atom. The first-order valence-electron chi connectivity index (χ1n) is 5.54. The molecular formula is C10H16N4O2S. The van der Waals surface area contributed by atoms with Gasteiger partial charge in [-0.1, -0.05) is 11.3 Å². The topological polar surface area (TPSA) is 100 Å². The second kappa shape index (κ2) is 4.50. The summed E-state index contributed by atoms with van der Waals surface area (Å²) >= 11 is 1.23. The van der Waals surface area contributed by atoms with Gasteiger partial charge in [0.25, 0.3) is 5.91 Å². The Morgan fingerprint density at radius 3 is 2.88 bits per heavy atom. The van der Waals surface area contributed by atoms with Gasteiger partial charge in [-0.15, -0.1) is 0 Å². The summed E-state index contributed by atoms with van der Waals surface area (Å²) in [5.41, 5.74) is 5.26. The lowest BCUT2D eigenvalue weighted by Gasteiger charge is -2.13. The Bertz CT molecular complexity index is 428. The third-order valence-corrected chi connectivity index (χ3v) is 3.75. The molecule has 2 rings (SSSR count). The first kappa shape index (κ1) is 12.1. The quantitative estimate of drug-likeness (QED) is 0.611. The molecule has 1 saturated carbocycles. The fourth-order valence-corrected chi connectivity index (χ4v) is 2.34. The van der Waals surface area contributed by atoms with E-state index in [4.69, 9.17) is 10.8 Å². The SMILES string of the molecule is CCNc1nc(N)c(C(=O)NC2(CO)CC2)s1. The van der Waals surface area contributed by atoms with Crippen LogP contribution in [0.25, 0.3) is 0 Å². The van der Waals surface area contributed by atoms with Crippen LogP contribution in [-0.4, -0.2) is 34.7 Å². The van der Waals surface area contributed by atoms with Gasteiger partial charge in [0.05, 0.1) is 12.1 Å². The lowest BCUT2D eigenvalue weighted by atomic mass is 10.3. The van der Waals surface area contributed by atoms with Crippen molar-refractivity contribution in [2.24, 2.45) is 0 Å². The number of nitrogen functional groups attached to an aromatic ring is 1. The molecule has 6 nitrogen and oxygen atoms in total. The van der Waals surface area contributed by atoms with E-state index in [1.807, 2.05) is 6.92 Å². The van der Waals surface area contributed by atoms with Crippen LogP contribution in [0.2, 0.25) is 0 Å². The second-order valence-electron chi connectivity index (χ2n) is 4.16. The smallest absolute Gasteiger partial charge is 0.265 e. The van der Waals surface area contributed by atoms with Gasteiger partial charge in [0.15, 0.2) is 5.13 Å². The number of aromatic nitrogens is 1. The van der Waals surface area contributed by atoms with Crippen molar-refractivity contribution in [3.05, 3.63) is 4.88 Å². The standard InChI is InChI=1S/C10H16N4O2S/c1-2-12-9-13-7(11)6(17-9)8(16)14-10(5-15)3-4-10/h15H,2-5,11H2,1H3,(H,12,13)(H,14,16). The van der Waals surface area contributed by atoms with Crippen molar-refractivity contribution < 1.29 is 9.90 Å². The molecule has 1 aliphatic rings. The van der Waals surface area contributed by atoms with Crippen molar-refractivity contribution in [3.63, 3.8) is 0 Å². The number of anilines is 2. The van der Waals surface area contributed by atoms with Crippen molar-refractivity contribution in [2.45, 2.75) is 25.3 Å². The molecule has 17 heavy (non-hydrogen) atoms. The Labute approximate surface area is 103 Å². The second-order valence-corrected chi connectivity index (χ2v) is 5.16. The fraction of sp³-hybridized carbons (Fsp3) is 0.600. The van der Waals surface area contributed by atoms with E-state index in [2.05, 4.69) is 15.6 Å². The first-order valence-corrected chi connectivity index (χ1v) is 6.35. The number of nitrogens with two attached hydrogens (primary N) is 1. The van der Waals surface area contributed by atoms with Gasteiger partial charge in [0, 0.05) is 6.54 Å². The lowest BCUT2D eigenvalue weighted by Crippen LogP contribution is -2.39. The Hall–Kier alpha value is -1.34. The van der Waals surface area contributed by atoms with Crippen LogP contribution in [0.15, 0.2) is 0 Å². The number of aliphatic hydroxyl groups excluding tert-OH is 1. The summed E-state index contributed by atoms with van der Waals surface area (Å²) < 4.78 is 0. The van der Waals surface area contributed by atoms with Crippen LogP contribution in [0.1, 0.15) is 29.4 Å². The van der Waals surface area contributed by atoms with E-state index < -0.39 is 5.54 Å². The summed E-state index contributed by atoms with van der Waals surface area (Å²) in [5.74, 6) is -0.0205. The predicted molar refractivity (Wildman–Crippen MR) is 67.2 cm³/mol. The van der Waals surface area contributed by atoms with E-state index in [1.54, 1.807) is 0 Å². The molecule has 1 amide bonds. The van der Waals surface area contributed by atoms with Gasteiger partial charge in [-0.25, -0.2) is 4.98 Å². The molecule has 1 heterocycles. The van der Waals surface area contributed by atoms with Crippen LogP contribution < -0.4 is 16.4 Å². The summed E-state index contributed by atoms with van der Waals surface area (Å²) in [6, 6.07) is 0. The van der Waals surface area contributed by atoms with Crippen molar-refractivity contribution in [2.75, 3.05) is 24.2 Å². The van der Waals surface area contributed by atoms with E-state index >= 15 is 0 Å². The molecule has 0 aromatic carbocycles. The predicted octanol–water partition coefficient (Wildman–Crippen LogP) is 0.412. The highest BCUT2D eigenvalue weighted by atomic mass is 32.1. The van der Waals surface area contributed by atoms with Crippen LogP contribution in [0, 0.1) is 0 Å². The van der Waals surface area contributed by atoms with E-state index in [0.29, 0.717) is 10.0 Å². The molecule has 0 aliphatic heterocycles. The molecule has 0 spiro atoms. The third kappa shape index (κ3) is 2.50. The van der Waals surface area contributed by atoms with Crippen LogP contribution in [0.5, 0.6) is 0 Å². The zero-order valence-corrected chi connectivity index (χ0v) is 10.4. The largest absolute Gasteiger partial charge is 0.394 e. The van der Waals surface area contributed by atoms with Gasteiger partial charge in [-0.3, -0.25) is 4.79 Å². The molecular weight excluding hydrogens is 240 g/mol. The Morgan fingerprint density at radius 1 is 1.65 bits per heavy atom. The van der Waals surface area contributed by atoms with E-state index in [-0.39, 0.29) is 18.3 Å². The highest BCUT2D eigenvalue weighted by Crippen LogP contribution is 2.35. The summed E-state index contributed by atoms with van der Waals surface area (Å²) in [7, 11) is 0. The first-order chi connectivity index (χ1) is 8.10. The number of amides is 1. The molecule has 1 aromatic rings. The molecule has 1 aromatic heterocycles. The Balaban J connectivity index is 2.08. The maximum absolute atomic E-state index is 11.9. The van der Waals surface area contributed by atoms with Crippen LogP contribution in [0.4, 0.5) is 10.9 Å². The van der Waals surface area contributed by atoms with Gasteiger partial charge >= 0.3 is 0 Å². The molecule has 0 saturated heterocycles. The van der Waals surface area contributed by atoms with E-state index in [9.17, 15) is 4.79 Å². The van der Waals surface area contributed by atoms with Crippen molar-refractivity contribution in [1.29, 1.82) is 0 Å². The normalized spacial score (nSPS) is 16.6. The molecule has 0 unspecified atom stereocenters. The summed E-state index contributed by atoms with van der Waals surface area (Å²) in [6.45, 7) is 2.65. The van der Waals surface area contributed by atoms with Gasteiger partial charge in [-0.05, 0) is 19.8 Å². The molecule has 0 bridgehead atoms. The minimum Gasteiger partial charge on any atom is -0.394 e. The highest BCUT2D eigenvalue weighted by Gasteiger charge is 2.44. The van der Waals surface area contributed by atoms with Gasteiger partial charge in [0.1, 0.15) is 10.7 Å². The van der Waals surface area contributed by atoms with Crippen molar-refractivity contribution >= 4 is 28.2 Å². The molecule has 0 radical (unpaired) electrons. The molecule has 94 valence electrons. The highest BCUT2D eigenvalue weighted by molar-refractivity contribution is 7.18. The molecule has 0 atom stereocenters. The van der Waals surface area contributed by atoms with Crippen LogP contribution >= 0.6 is 11.3 Å². The summed E-state index contributed by atoms with van der Waals surface area (Å²) in [4.78, 5) is 16.4. The third-order valence-electron chi connectivity index (χ3n) is 2.72. The van der Waals surface area contributed by atoms with Gasteiger partial charge < -0.3 is 21.5 Å². The fourth-order valence-electron chi connectivity index (χ4n) is 1.49. The number of thiazole rings is 1. The number of hydrogen-bond donors (Lipinski definition) is 4. The maximum Gasteiger partial charge on any atom is 0.265 e. The monoisotopic (exact) mass is 256 g/mol. The average molecular weight is 256 g/mol. The van der Waals surface area contributed by atoms with Crippen molar-refractivity contribution in [3.8, 4) is 0 Å². The van der Waals surface area contributed by atoms with Crippen LogP contribution in [-0.2, 0) is 0 Å². The number of carbonyl (C=O) groups excluding carboxylic acids is 1. The van der Waals surface area contributed by atoms with E-state index in [1.165, 1.54) is 11.3 Å². The van der Waals surface area contributed by atoms with Gasteiger partial charge in [0.2, 0.25) is 0 Å². The minimum atomic E-state index is -0.425. The summed E-state index contributed by atoms with van der Waals surface area (Å²) in [5, 5.41) is 15.6. The van der Waals surface area contributed by atoms with Gasteiger partial charge in [-0.2, -0.15) is 0 Å². The van der Waals surface area contributed by atoms with Crippen molar-refractivity contribution in [1.82, 2.24) is 10.3 Å². The Kier molecular flexibility index (Phi) is 3.21. The number of aliphatic hydroxyl groups is 1. The summed E-state index contributed by atoms with van der Waals surface area (Å²) in [6.07, 6.45) is 1.63. The maximum atomic E-state index is 11.9. The minimum absolute atomic E-state index is 0.0302. The molecule has 1 fully saturated rings. The van der Waals surface area contributed by atoms with E-state index in [0.717, 1.165) is 19.4 Å². The number of nitrogens with zero attached hydrogens (tertiary/aromatic N) is 1. The molecule has 7 heteroatoms. The number of hydrogen-bond acceptors (Lipinski definition) is 6. The number of nitrogens with one attached hydrogen (secondary N) is 2. The number of carbonyl (C=O) groups is 1.